The van der Waals surface area contributed by atoms with E-state index in [0.717, 1.165) is 31.3 Å². The minimum atomic E-state index is 0.0855. The Morgan fingerprint density at radius 1 is 1.17 bits per heavy atom. The summed E-state index contributed by atoms with van der Waals surface area (Å²) in [6.07, 6.45) is 7.34. The van der Waals surface area contributed by atoms with E-state index in [2.05, 4.69) is 44.2 Å². The molecule has 0 spiro atoms. The van der Waals surface area contributed by atoms with Crippen LogP contribution in [0.1, 0.15) is 51.5 Å². The van der Waals surface area contributed by atoms with Gasteiger partial charge in [-0.15, -0.1) is 0 Å². The molecule has 0 N–H and O–H groups in total. The molecule has 24 heavy (non-hydrogen) atoms. The highest BCUT2D eigenvalue weighted by atomic mass is 16.5. The number of allylic oxidation sites excluding steroid dienone is 3. The quantitative estimate of drug-likeness (QED) is 0.783. The summed E-state index contributed by atoms with van der Waals surface area (Å²) in [6.45, 7) is 5.21. The molecular formula is C22H26O2. The fourth-order valence-corrected chi connectivity index (χ4v) is 4.78. The van der Waals surface area contributed by atoms with Crippen molar-refractivity contribution in [2.45, 2.75) is 58.7 Å². The van der Waals surface area contributed by atoms with Crippen molar-refractivity contribution in [3.8, 4) is 0 Å². The highest BCUT2D eigenvalue weighted by Gasteiger charge is 2.47. The van der Waals surface area contributed by atoms with Gasteiger partial charge in [-0.1, -0.05) is 50.3 Å². The topological polar surface area (TPSA) is 26.3 Å². The van der Waals surface area contributed by atoms with Gasteiger partial charge in [-0.3, -0.25) is 4.79 Å². The molecule has 0 aromatic heterocycles. The van der Waals surface area contributed by atoms with E-state index in [1.807, 2.05) is 6.07 Å². The van der Waals surface area contributed by atoms with Crippen LogP contribution in [0.4, 0.5) is 0 Å². The maximum Gasteiger partial charge on any atom is 0.159 e. The number of fused-ring (bicyclic) bond motifs is 1. The summed E-state index contributed by atoms with van der Waals surface area (Å²) in [7, 11) is 0. The second-order valence-corrected chi connectivity index (χ2v) is 8.20. The van der Waals surface area contributed by atoms with Gasteiger partial charge in [0.1, 0.15) is 0 Å². The Morgan fingerprint density at radius 2 is 1.96 bits per heavy atom. The standard InChI is InChI=1S/C22H26O2/c1-22(2)13-17-12-20(23)18-10-6-9-16(18)11-19(17)21(22)24-14-15-7-4-3-5-8-15/h3-5,7-8,11,17,21H,6,9-10,12-14H2,1-2H3. The van der Waals surface area contributed by atoms with Gasteiger partial charge >= 0.3 is 0 Å². The Kier molecular flexibility index (Phi) is 3.96. The van der Waals surface area contributed by atoms with Crippen molar-refractivity contribution in [1.82, 2.24) is 0 Å². The molecule has 0 saturated heterocycles. The molecule has 0 bridgehead atoms. The van der Waals surface area contributed by atoms with E-state index in [9.17, 15) is 4.79 Å². The van der Waals surface area contributed by atoms with Gasteiger partial charge in [-0.25, -0.2) is 0 Å². The van der Waals surface area contributed by atoms with Crippen molar-refractivity contribution in [1.29, 1.82) is 0 Å². The van der Waals surface area contributed by atoms with Crippen LogP contribution in [0, 0.1) is 11.3 Å². The van der Waals surface area contributed by atoms with Crippen molar-refractivity contribution in [2.75, 3.05) is 0 Å². The zero-order valence-corrected chi connectivity index (χ0v) is 14.7. The first-order valence-electron chi connectivity index (χ1n) is 9.17. The third-order valence-electron chi connectivity index (χ3n) is 5.89. The predicted molar refractivity (Wildman–Crippen MR) is 95.5 cm³/mol. The minimum absolute atomic E-state index is 0.0855. The first-order valence-corrected chi connectivity index (χ1v) is 9.17. The summed E-state index contributed by atoms with van der Waals surface area (Å²) in [4.78, 5) is 12.6. The van der Waals surface area contributed by atoms with Gasteiger partial charge in [0, 0.05) is 6.42 Å². The molecule has 0 amide bonds. The monoisotopic (exact) mass is 322 g/mol. The zero-order chi connectivity index (χ0) is 16.7. The molecule has 1 aromatic carbocycles. The number of hydrogen-bond donors (Lipinski definition) is 0. The van der Waals surface area contributed by atoms with E-state index in [-0.39, 0.29) is 11.5 Å². The van der Waals surface area contributed by atoms with Gasteiger partial charge in [-0.05, 0) is 59.3 Å². The Balaban J connectivity index is 1.62. The number of carbonyl (C=O) groups excluding carboxylic acids is 1. The van der Waals surface area contributed by atoms with Crippen molar-refractivity contribution in [3.05, 3.63) is 58.7 Å². The third kappa shape index (κ3) is 2.77. The highest BCUT2D eigenvalue weighted by molar-refractivity contribution is 5.98. The Hall–Kier alpha value is -1.67. The van der Waals surface area contributed by atoms with Gasteiger partial charge in [0.25, 0.3) is 0 Å². The summed E-state index contributed by atoms with van der Waals surface area (Å²) in [6, 6.07) is 10.4. The van der Waals surface area contributed by atoms with Gasteiger partial charge in [0.15, 0.2) is 5.78 Å². The number of hydrogen-bond acceptors (Lipinski definition) is 2. The van der Waals surface area contributed by atoms with Gasteiger partial charge in [0.2, 0.25) is 0 Å². The third-order valence-corrected chi connectivity index (χ3v) is 5.89. The number of rotatable bonds is 3. The fraction of sp³-hybridized carbons (Fsp3) is 0.500. The van der Waals surface area contributed by atoms with Crippen LogP contribution in [0.5, 0.6) is 0 Å². The number of benzene rings is 1. The van der Waals surface area contributed by atoms with Crippen LogP contribution in [0.3, 0.4) is 0 Å². The fourth-order valence-electron chi connectivity index (χ4n) is 4.78. The van der Waals surface area contributed by atoms with Crippen molar-refractivity contribution in [3.63, 3.8) is 0 Å². The molecule has 0 radical (unpaired) electrons. The first kappa shape index (κ1) is 15.8. The molecule has 126 valence electrons. The number of Topliss-reactive ketones (excluding diaryl/α,β-unsaturated/α-hetero) is 1. The minimum Gasteiger partial charge on any atom is -0.369 e. The molecule has 2 unspecified atom stereocenters. The molecule has 1 aromatic rings. The molecule has 3 aliphatic rings. The zero-order valence-electron chi connectivity index (χ0n) is 14.7. The van der Waals surface area contributed by atoms with E-state index >= 15 is 0 Å². The second kappa shape index (κ2) is 6.00. The van der Waals surface area contributed by atoms with Crippen LogP contribution >= 0.6 is 0 Å². The second-order valence-electron chi connectivity index (χ2n) is 8.20. The van der Waals surface area contributed by atoms with Crippen LogP contribution in [0.15, 0.2) is 53.1 Å². The summed E-state index contributed by atoms with van der Waals surface area (Å²) in [5, 5.41) is 0. The molecule has 1 fully saturated rings. The molecular weight excluding hydrogens is 296 g/mol. The SMILES string of the molecule is CC1(C)CC2CC(=O)C3=C(C=C2C1OCc1ccccc1)CCC3. The highest BCUT2D eigenvalue weighted by Crippen LogP contribution is 2.51. The average molecular weight is 322 g/mol. The van der Waals surface area contributed by atoms with Crippen LogP contribution < -0.4 is 0 Å². The molecule has 1 saturated carbocycles. The summed E-state index contributed by atoms with van der Waals surface area (Å²) >= 11 is 0. The van der Waals surface area contributed by atoms with Crippen LogP contribution in [-0.4, -0.2) is 11.9 Å². The van der Waals surface area contributed by atoms with Crippen LogP contribution in [0.25, 0.3) is 0 Å². The molecule has 2 heteroatoms. The Labute approximate surface area is 144 Å². The number of carbonyl (C=O) groups is 1. The van der Waals surface area contributed by atoms with Crippen molar-refractivity contribution < 1.29 is 9.53 Å². The molecule has 4 rings (SSSR count). The Bertz CT molecular complexity index is 709. The normalized spacial score (nSPS) is 28.4. The average Bonchev–Trinajstić information content (AvgIpc) is 3.07. The molecule has 3 aliphatic carbocycles. The van der Waals surface area contributed by atoms with Gasteiger partial charge < -0.3 is 4.74 Å². The van der Waals surface area contributed by atoms with E-state index in [4.69, 9.17) is 4.74 Å². The predicted octanol–water partition coefficient (Wildman–Crippen LogP) is 5.00. The van der Waals surface area contributed by atoms with E-state index in [1.165, 1.54) is 16.7 Å². The number of ketones is 1. The first-order chi connectivity index (χ1) is 11.5. The van der Waals surface area contributed by atoms with Crippen LogP contribution in [0.2, 0.25) is 0 Å². The van der Waals surface area contributed by atoms with Crippen molar-refractivity contribution >= 4 is 5.78 Å². The number of ether oxygens (including phenoxy) is 1. The van der Waals surface area contributed by atoms with E-state index in [1.54, 1.807) is 0 Å². The van der Waals surface area contributed by atoms with Crippen LogP contribution in [-0.2, 0) is 16.1 Å². The maximum absolute atomic E-state index is 12.6. The lowest BCUT2D eigenvalue weighted by molar-refractivity contribution is -0.116. The summed E-state index contributed by atoms with van der Waals surface area (Å²) in [5.74, 6) is 0.747. The lowest BCUT2D eigenvalue weighted by Crippen LogP contribution is -2.27. The smallest absolute Gasteiger partial charge is 0.159 e. The largest absolute Gasteiger partial charge is 0.369 e. The Morgan fingerprint density at radius 3 is 2.75 bits per heavy atom. The molecule has 2 nitrogen and oxygen atoms in total. The lowest BCUT2D eigenvalue weighted by Gasteiger charge is -2.28. The summed E-state index contributed by atoms with van der Waals surface area (Å²) < 4.78 is 6.41. The maximum atomic E-state index is 12.6. The van der Waals surface area contributed by atoms with E-state index < -0.39 is 0 Å². The molecule has 0 aliphatic heterocycles. The van der Waals surface area contributed by atoms with E-state index in [0.29, 0.717) is 24.7 Å². The van der Waals surface area contributed by atoms with Gasteiger partial charge in [-0.2, -0.15) is 0 Å². The van der Waals surface area contributed by atoms with Gasteiger partial charge in [0.05, 0.1) is 12.7 Å². The van der Waals surface area contributed by atoms with Crippen molar-refractivity contribution in [2.24, 2.45) is 11.3 Å². The summed E-state index contributed by atoms with van der Waals surface area (Å²) in [5.41, 5.74) is 5.07. The molecule has 2 atom stereocenters. The molecule has 0 heterocycles. The lowest BCUT2D eigenvalue weighted by atomic mass is 9.87.